The van der Waals surface area contributed by atoms with Crippen molar-refractivity contribution in [2.24, 2.45) is 5.92 Å². The number of esters is 2. The average molecular weight is 586 g/mol. The molecule has 4 rings (SSSR count). The number of carbonyl (C=O) groups excluding carboxylic acids is 2. The maximum absolute atomic E-state index is 13.4. The lowest BCUT2D eigenvalue weighted by Gasteiger charge is -2.31. The molecule has 186 valence electrons. The predicted octanol–water partition coefficient (Wildman–Crippen LogP) is 4.09. The van der Waals surface area contributed by atoms with Crippen LogP contribution in [0.4, 0.5) is 0 Å². The number of nitrogens with zero attached hydrogens (tertiary/aromatic N) is 1. The second kappa shape index (κ2) is 10.4. The molecule has 0 spiro atoms. The molecule has 7 nitrogen and oxygen atoms in total. The third-order valence-corrected chi connectivity index (χ3v) is 7.87. The molecule has 0 bridgehead atoms. The van der Waals surface area contributed by atoms with Gasteiger partial charge in [-0.1, -0.05) is 58.5 Å². The number of hydrogen-bond donors (Lipinski definition) is 1. The molecule has 0 fully saturated rings. The zero-order valence-corrected chi connectivity index (χ0v) is 22.4. The summed E-state index contributed by atoms with van der Waals surface area (Å²) < 4.78 is 11.3. The number of halogens is 4. The lowest BCUT2D eigenvalue weighted by Crippen LogP contribution is -2.50. The monoisotopic (exact) mass is 584 g/mol. The molecule has 0 radical (unpaired) electrons. The maximum atomic E-state index is 13.4. The van der Waals surface area contributed by atoms with Crippen molar-refractivity contribution >= 4 is 87.2 Å². The number of aromatic nitrogens is 1. The smallest absolute Gasteiger partial charge is 0.337 e. The third-order valence-electron chi connectivity index (χ3n) is 5.64. The fourth-order valence-electron chi connectivity index (χ4n) is 4.03. The fraction of sp³-hybridized carbons (Fsp3) is 0.167. The second-order valence-electron chi connectivity index (χ2n) is 7.66. The van der Waals surface area contributed by atoms with Crippen molar-refractivity contribution in [2.75, 3.05) is 14.2 Å². The predicted molar refractivity (Wildman–Crippen MR) is 141 cm³/mol. The van der Waals surface area contributed by atoms with Crippen LogP contribution in [0.15, 0.2) is 41.2 Å². The minimum atomic E-state index is -1.37. The highest BCUT2D eigenvalue weighted by Gasteiger charge is 2.46. The first-order valence-corrected chi connectivity index (χ1v) is 12.5. The first kappa shape index (κ1) is 26.4. The van der Waals surface area contributed by atoms with E-state index < -0.39 is 29.3 Å². The first-order chi connectivity index (χ1) is 17.1. The van der Waals surface area contributed by atoms with Gasteiger partial charge in [-0.05, 0) is 41.5 Å². The molecule has 0 amide bonds. The zero-order chi connectivity index (χ0) is 26.3. The molecular formula is C24H16Cl4N2O5S. The molecule has 0 aliphatic carbocycles. The summed E-state index contributed by atoms with van der Waals surface area (Å²) >= 11 is 25.7. The van der Waals surface area contributed by atoms with Gasteiger partial charge in [-0.15, -0.1) is 11.3 Å². The summed E-state index contributed by atoms with van der Waals surface area (Å²) in [5.74, 6) is -4.43. The molecule has 3 aromatic rings. The molecule has 12 heteroatoms. The summed E-state index contributed by atoms with van der Waals surface area (Å²) in [6, 6.07) is 9.35. The van der Waals surface area contributed by atoms with E-state index in [9.17, 15) is 14.4 Å². The molecule has 2 unspecified atom stereocenters. The average Bonchev–Trinajstić information content (AvgIpc) is 3.15. The first-order valence-electron chi connectivity index (χ1n) is 10.2. The number of ether oxygens (including phenoxy) is 2. The largest absolute Gasteiger partial charge is 0.468 e. The van der Waals surface area contributed by atoms with Crippen LogP contribution in [0.3, 0.4) is 0 Å². The Morgan fingerprint density at radius 1 is 1.00 bits per heavy atom. The molecule has 36 heavy (non-hydrogen) atoms. The molecule has 0 saturated heterocycles. The summed E-state index contributed by atoms with van der Waals surface area (Å²) in [5.41, 5.74) is 0.226. The summed E-state index contributed by atoms with van der Waals surface area (Å²) in [7, 11) is 2.33. The van der Waals surface area contributed by atoms with Crippen molar-refractivity contribution in [1.82, 2.24) is 4.57 Å². The van der Waals surface area contributed by atoms with E-state index in [0.717, 1.165) is 23.0 Å². The van der Waals surface area contributed by atoms with Crippen LogP contribution in [0.1, 0.15) is 17.0 Å². The van der Waals surface area contributed by atoms with Gasteiger partial charge in [0.25, 0.3) is 5.56 Å². The summed E-state index contributed by atoms with van der Waals surface area (Å²) in [5, 5.41) is 10.1. The number of hydrogen-bond acceptors (Lipinski definition) is 7. The Hall–Kier alpha value is -2.62. The van der Waals surface area contributed by atoms with Crippen LogP contribution in [0, 0.1) is 11.3 Å². The van der Waals surface area contributed by atoms with E-state index in [1.165, 1.54) is 25.3 Å². The van der Waals surface area contributed by atoms with E-state index in [1.54, 1.807) is 24.3 Å². The molecule has 1 aliphatic heterocycles. The van der Waals surface area contributed by atoms with E-state index in [2.05, 4.69) is 0 Å². The number of thiazole rings is 1. The van der Waals surface area contributed by atoms with Gasteiger partial charge in [-0.2, -0.15) is 0 Å². The molecule has 1 aromatic heterocycles. The number of nitrogens with one attached hydrogen (secondary N) is 1. The van der Waals surface area contributed by atoms with Gasteiger partial charge in [0.15, 0.2) is 0 Å². The number of benzene rings is 2. The molecule has 2 atom stereocenters. The van der Waals surface area contributed by atoms with Gasteiger partial charge in [0, 0.05) is 26.0 Å². The van der Waals surface area contributed by atoms with Crippen LogP contribution in [0.2, 0.25) is 20.1 Å². The number of carbonyl (C=O) groups is 2. The van der Waals surface area contributed by atoms with Crippen molar-refractivity contribution in [3.05, 3.63) is 87.2 Å². The highest BCUT2D eigenvalue weighted by molar-refractivity contribution is 7.07. The summed E-state index contributed by atoms with van der Waals surface area (Å²) in [6.07, 6.45) is 1.52. The Labute approximate surface area is 228 Å². The number of fused-ring (bicyclic) bond motifs is 1. The fourth-order valence-corrected chi connectivity index (χ4v) is 6.18. The van der Waals surface area contributed by atoms with Crippen molar-refractivity contribution in [3.63, 3.8) is 0 Å². The van der Waals surface area contributed by atoms with Crippen molar-refractivity contribution in [2.45, 2.75) is 5.92 Å². The van der Waals surface area contributed by atoms with Crippen LogP contribution in [0.5, 0.6) is 0 Å². The Morgan fingerprint density at radius 3 is 2.22 bits per heavy atom. The maximum Gasteiger partial charge on any atom is 0.337 e. The topological polar surface area (TPSA) is 98.5 Å². The normalized spacial score (nSPS) is 17.7. The van der Waals surface area contributed by atoms with Gasteiger partial charge >= 0.3 is 11.9 Å². The lowest BCUT2D eigenvalue weighted by atomic mass is 9.78. The van der Waals surface area contributed by atoms with E-state index in [0.29, 0.717) is 26.2 Å². The van der Waals surface area contributed by atoms with E-state index in [-0.39, 0.29) is 25.6 Å². The van der Waals surface area contributed by atoms with Crippen molar-refractivity contribution in [3.8, 4) is 0 Å². The second-order valence-corrected chi connectivity index (χ2v) is 10.4. The lowest BCUT2D eigenvalue weighted by molar-refractivity contribution is -0.143. The SMILES string of the molecule is COC(=O)C1=c2sc(=Cc3ccc(Cl)cc3Cl)c(=O)n2C(=N)C(C(=O)OC)C1c1ccc(Cl)cc1Cl. The van der Waals surface area contributed by atoms with Gasteiger partial charge in [-0.3, -0.25) is 19.6 Å². The van der Waals surface area contributed by atoms with Crippen LogP contribution >= 0.6 is 57.7 Å². The Balaban J connectivity index is 2.12. The van der Waals surface area contributed by atoms with Gasteiger partial charge in [-0.25, -0.2) is 4.79 Å². The number of rotatable bonds is 4. The molecule has 1 aliphatic rings. The van der Waals surface area contributed by atoms with E-state index in [4.69, 9.17) is 61.3 Å². The minimum Gasteiger partial charge on any atom is -0.468 e. The van der Waals surface area contributed by atoms with Crippen LogP contribution in [-0.4, -0.2) is 36.6 Å². The van der Waals surface area contributed by atoms with Gasteiger partial charge < -0.3 is 9.47 Å². The number of methoxy groups -OCH3 is 2. The molecular weight excluding hydrogens is 570 g/mol. The van der Waals surface area contributed by atoms with E-state index in [1.807, 2.05) is 0 Å². The van der Waals surface area contributed by atoms with E-state index >= 15 is 0 Å². The third kappa shape index (κ3) is 4.60. The van der Waals surface area contributed by atoms with Crippen LogP contribution in [-0.2, 0) is 19.1 Å². The van der Waals surface area contributed by atoms with Crippen molar-refractivity contribution in [1.29, 1.82) is 5.41 Å². The Kier molecular flexibility index (Phi) is 7.64. The zero-order valence-electron chi connectivity index (χ0n) is 18.6. The Morgan fingerprint density at radius 2 is 1.64 bits per heavy atom. The minimum absolute atomic E-state index is 0.0166. The molecule has 1 N–H and O–H groups in total. The Bertz CT molecular complexity index is 1610. The summed E-state index contributed by atoms with van der Waals surface area (Å²) in [6.45, 7) is 0. The molecule has 2 aromatic carbocycles. The van der Waals surface area contributed by atoms with Gasteiger partial charge in [0.2, 0.25) is 0 Å². The highest BCUT2D eigenvalue weighted by Crippen LogP contribution is 2.41. The van der Waals surface area contributed by atoms with Crippen LogP contribution in [0.25, 0.3) is 11.6 Å². The molecule has 0 saturated carbocycles. The highest BCUT2D eigenvalue weighted by atomic mass is 35.5. The van der Waals surface area contributed by atoms with Crippen LogP contribution < -0.4 is 14.8 Å². The van der Waals surface area contributed by atoms with Gasteiger partial charge in [0.05, 0.1) is 24.3 Å². The van der Waals surface area contributed by atoms with Crippen molar-refractivity contribution < 1.29 is 19.1 Å². The quantitative estimate of drug-likeness (QED) is 0.465. The standard InChI is InChI=1S/C24H16Cl4N2O5S/c1-34-23(32)18-17(13-6-5-12(26)9-15(13)28)19(24(33)35-2)22-30(20(18)29)21(31)16(36-22)7-10-3-4-11(25)8-14(10)27/h3-9,17-18,29H,1-2H3. The van der Waals surface area contributed by atoms with Gasteiger partial charge in [0.1, 0.15) is 16.4 Å². The molecule has 2 heterocycles. The summed E-state index contributed by atoms with van der Waals surface area (Å²) in [4.78, 5) is 39.5.